The Hall–Kier alpha value is -0.640. The van der Waals surface area contributed by atoms with E-state index in [2.05, 4.69) is 0 Å². The molecule has 11 N–H and O–H groups in total. The van der Waals surface area contributed by atoms with Crippen molar-refractivity contribution in [2.45, 2.75) is 85.5 Å². The second-order valence-electron chi connectivity index (χ2n) is 8.41. The zero-order valence-corrected chi connectivity index (χ0v) is 17.8. The summed E-state index contributed by atoms with van der Waals surface area (Å²) in [5.74, 6) is -2.36. The van der Waals surface area contributed by atoms with Gasteiger partial charge in [-0.2, -0.15) is 0 Å². The number of aliphatic hydroxyl groups is 11. The third kappa shape index (κ3) is 5.09. The van der Waals surface area contributed by atoms with Crippen molar-refractivity contribution < 1.29 is 79.9 Å². The lowest BCUT2D eigenvalue weighted by Gasteiger charge is -2.44. The quantitative estimate of drug-likeness (QED) is 0.146. The van der Waals surface area contributed by atoms with E-state index in [1.54, 1.807) is 0 Å². The minimum absolute atomic E-state index is 0.634. The van der Waals surface area contributed by atoms with E-state index in [0.717, 1.165) is 0 Å². The summed E-state index contributed by atoms with van der Waals surface area (Å²) in [5.41, 5.74) is 0. The second kappa shape index (κ2) is 11.2. The summed E-state index contributed by atoms with van der Waals surface area (Å²) in [6.45, 7) is -3.14. The van der Waals surface area contributed by atoms with Crippen LogP contribution in [0.4, 0.5) is 0 Å². The highest BCUT2D eigenvalue weighted by Gasteiger charge is 2.58. The van der Waals surface area contributed by atoms with Gasteiger partial charge in [-0.3, -0.25) is 0 Å². The lowest BCUT2D eigenvalue weighted by Crippen LogP contribution is -2.63. The lowest BCUT2D eigenvalue weighted by atomic mass is 9.98. The SMILES string of the molecule is OC[C@H]1O[C@@](CO)(O[C@H]2O[C@H](CO[C@H]3O[C@H](CO)[C@@H](O)[C@H](O)[C@H]3O)[C@@H](O)[C@H](O)[C@H]2O)[C@@H](O)[C@@H]1O. The Labute approximate surface area is 192 Å². The Morgan fingerprint density at radius 3 is 1.65 bits per heavy atom. The largest absolute Gasteiger partial charge is 0.394 e. The molecule has 3 rings (SSSR count). The van der Waals surface area contributed by atoms with Gasteiger partial charge < -0.3 is 79.9 Å². The van der Waals surface area contributed by atoms with Gasteiger partial charge in [0, 0.05) is 0 Å². The molecule has 16 nitrogen and oxygen atoms in total. The smallest absolute Gasteiger partial charge is 0.224 e. The predicted molar refractivity (Wildman–Crippen MR) is 101 cm³/mol. The molecule has 0 radical (unpaired) electrons. The highest BCUT2D eigenvalue weighted by molar-refractivity contribution is 4.98. The molecule has 3 saturated heterocycles. The average molecular weight is 504 g/mol. The molecule has 0 amide bonds. The van der Waals surface area contributed by atoms with Crippen LogP contribution >= 0.6 is 0 Å². The third-order valence-corrected chi connectivity index (χ3v) is 6.16. The van der Waals surface area contributed by atoms with E-state index in [1.807, 2.05) is 0 Å². The first-order valence-corrected chi connectivity index (χ1v) is 10.6. The summed E-state index contributed by atoms with van der Waals surface area (Å²) in [6.07, 6.45) is -21.8. The summed E-state index contributed by atoms with van der Waals surface area (Å²) >= 11 is 0. The van der Waals surface area contributed by atoms with E-state index in [-0.39, 0.29) is 0 Å². The second-order valence-corrected chi connectivity index (χ2v) is 8.41. The normalized spacial score (nSPS) is 52.1. The summed E-state index contributed by atoms with van der Waals surface area (Å²) < 4.78 is 26.4. The summed E-state index contributed by atoms with van der Waals surface area (Å²) in [7, 11) is 0. The minimum atomic E-state index is -2.36. The first-order valence-electron chi connectivity index (χ1n) is 10.6. The fourth-order valence-corrected chi connectivity index (χ4v) is 4.01. The maximum Gasteiger partial charge on any atom is 0.224 e. The Balaban J connectivity index is 1.69. The highest BCUT2D eigenvalue weighted by atomic mass is 16.8. The van der Waals surface area contributed by atoms with Crippen molar-refractivity contribution in [3.63, 3.8) is 0 Å². The molecular weight excluding hydrogens is 472 g/mol. The Bertz CT molecular complexity index is 653. The van der Waals surface area contributed by atoms with Gasteiger partial charge in [-0.25, -0.2) is 0 Å². The molecule has 16 heteroatoms. The first kappa shape index (κ1) is 27.9. The van der Waals surface area contributed by atoms with Gasteiger partial charge in [0.2, 0.25) is 5.79 Å². The lowest BCUT2D eigenvalue weighted by molar-refractivity contribution is -0.388. The summed E-state index contributed by atoms with van der Waals surface area (Å²) in [6, 6.07) is 0. The molecule has 0 aromatic carbocycles. The van der Waals surface area contributed by atoms with Crippen LogP contribution < -0.4 is 0 Å². The first-order chi connectivity index (χ1) is 16.0. The topological polar surface area (TPSA) is 269 Å². The van der Waals surface area contributed by atoms with Crippen LogP contribution in [0.3, 0.4) is 0 Å². The van der Waals surface area contributed by atoms with Crippen LogP contribution in [0.5, 0.6) is 0 Å². The molecule has 0 unspecified atom stereocenters. The highest BCUT2D eigenvalue weighted by Crippen LogP contribution is 2.36. The fourth-order valence-electron chi connectivity index (χ4n) is 4.01. The maximum atomic E-state index is 10.3. The van der Waals surface area contributed by atoms with E-state index < -0.39 is 112 Å². The zero-order chi connectivity index (χ0) is 25.4. The number of rotatable bonds is 8. The van der Waals surface area contributed by atoms with Crippen LogP contribution in [0.1, 0.15) is 0 Å². The van der Waals surface area contributed by atoms with Gasteiger partial charge in [0.15, 0.2) is 12.6 Å². The number of aliphatic hydroxyl groups excluding tert-OH is 11. The van der Waals surface area contributed by atoms with Gasteiger partial charge >= 0.3 is 0 Å². The van der Waals surface area contributed by atoms with Crippen molar-refractivity contribution in [3.8, 4) is 0 Å². The molecule has 200 valence electrons. The van der Waals surface area contributed by atoms with E-state index in [9.17, 15) is 56.2 Å². The van der Waals surface area contributed by atoms with Crippen molar-refractivity contribution in [1.29, 1.82) is 0 Å². The van der Waals surface area contributed by atoms with E-state index in [0.29, 0.717) is 0 Å². The fraction of sp³-hybridized carbons (Fsp3) is 1.00. The number of ether oxygens (including phenoxy) is 5. The van der Waals surface area contributed by atoms with Crippen molar-refractivity contribution in [1.82, 2.24) is 0 Å². The molecule has 3 heterocycles. The van der Waals surface area contributed by atoms with Crippen LogP contribution in [-0.2, 0) is 23.7 Å². The molecule has 3 fully saturated rings. The van der Waals surface area contributed by atoms with Crippen LogP contribution in [0.25, 0.3) is 0 Å². The Morgan fingerprint density at radius 1 is 0.588 bits per heavy atom. The van der Waals surface area contributed by atoms with Crippen LogP contribution in [0.2, 0.25) is 0 Å². The molecular formula is C18H32O16. The number of hydrogen-bond donors (Lipinski definition) is 11. The van der Waals surface area contributed by atoms with Gasteiger partial charge in [-0.05, 0) is 0 Å². The molecule has 0 spiro atoms. The zero-order valence-electron chi connectivity index (χ0n) is 17.8. The molecule has 34 heavy (non-hydrogen) atoms. The van der Waals surface area contributed by atoms with Crippen molar-refractivity contribution >= 4 is 0 Å². The van der Waals surface area contributed by atoms with Crippen molar-refractivity contribution in [3.05, 3.63) is 0 Å². The van der Waals surface area contributed by atoms with Crippen molar-refractivity contribution in [2.24, 2.45) is 0 Å². The Morgan fingerprint density at radius 2 is 1.12 bits per heavy atom. The number of hydrogen-bond acceptors (Lipinski definition) is 16. The molecule has 0 saturated carbocycles. The molecule has 0 aromatic rings. The van der Waals surface area contributed by atoms with E-state index in [1.165, 1.54) is 0 Å². The monoisotopic (exact) mass is 504 g/mol. The van der Waals surface area contributed by atoms with E-state index >= 15 is 0 Å². The molecule has 0 aliphatic carbocycles. The summed E-state index contributed by atoms with van der Waals surface area (Å²) in [5, 5.41) is 109. The van der Waals surface area contributed by atoms with Gasteiger partial charge in [0.05, 0.1) is 19.8 Å². The molecule has 14 atom stereocenters. The van der Waals surface area contributed by atoms with Gasteiger partial charge in [-0.1, -0.05) is 0 Å². The third-order valence-electron chi connectivity index (χ3n) is 6.16. The molecule has 0 aromatic heterocycles. The van der Waals surface area contributed by atoms with Gasteiger partial charge in [-0.15, -0.1) is 0 Å². The van der Waals surface area contributed by atoms with E-state index in [4.69, 9.17) is 23.7 Å². The van der Waals surface area contributed by atoms with Crippen LogP contribution in [0.15, 0.2) is 0 Å². The van der Waals surface area contributed by atoms with Crippen molar-refractivity contribution in [2.75, 3.05) is 26.4 Å². The van der Waals surface area contributed by atoms with Gasteiger partial charge in [0.1, 0.15) is 73.8 Å². The average Bonchev–Trinajstić information content (AvgIpc) is 3.08. The Kier molecular flexibility index (Phi) is 9.18. The minimum Gasteiger partial charge on any atom is -0.394 e. The molecule has 3 aliphatic rings. The molecule has 3 aliphatic heterocycles. The standard InChI is InChI=1S/C18H32O16/c19-1-5-8(22)11(25)13(27)16(31-5)30-3-7-9(23)12(26)14(28)17(32-7)34-18(4-21)15(29)10(24)6(2-20)33-18/h5-17,19-29H,1-4H2/t5-,6-,7-,8-,9-,10-,11+,12+,13-,14-,15+,16+,17-,18+/m1/s1. The van der Waals surface area contributed by atoms with Crippen LogP contribution in [-0.4, -0.2) is 168 Å². The predicted octanol–water partition coefficient (Wildman–Crippen LogP) is -7.57. The van der Waals surface area contributed by atoms with Gasteiger partial charge in [0.25, 0.3) is 0 Å². The molecule has 0 bridgehead atoms. The maximum absolute atomic E-state index is 10.3. The summed E-state index contributed by atoms with van der Waals surface area (Å²) in [4.78, 5) is 0. The van der Waals surface area contributed by atoms with Crippen LogP contribution in [0, 0.1) is 0 Å².